The van der Waals surface area contributed by atoms with Crippen LogP contribution in [-0.4, -0.2) is 22.4 Å². The molecule has 2 N–H and O–H groups in total. The first kappa shape index (κ1) is 19.4. The average molecular weight is 385 g/mol. The zero-order valence-electron chi connectivity index (χ0n) is 15.8. The fourth-order valence-electron chi connectivity index (χ4n) is 3.19. The van der Waals surface area contributed by atoms with Gasteiger partial charge >= 0.3 is 0 Å². The van der Waals surface area contributed by atoms with E-state index < -0.39 is 0 Å². The molecule has 1 aromatic carbocycles. The number of allylic oxidation sites excluding steroid dienone is 1. The lowest BCUT2D eigenvalue weighted by Crippen LogP contribution is -2.26. The van der Waals surface area contributed by atoms with Crippen LogP contribution in [0.25, 0.3) is 0 Å². The van der Waals surface area contributed by atoms with Crippen molar-refractivity contribution in [3.05, 3.63) is 57.9 Å². The molecule has 0 spiro atoms. The summed E-state index contributed by atoms with van der Waals surface area (Å²) in [5.74, 6) is 0.230. The van der Waals surface area contributed by atoms with Gasteiger partial charge < -0.3 is 10.6 Å². The van der Waals surface area contributed by atoms with Crippen molar-refractivity contribution in [2.45, 2.75) is 46.0 Å². The van der Waals surface area contributed by atoms with Crippen LogP contribution in [-0.2, 0) is 0 Å². The fraction of sp³-hybridized carbons (Fsp3) is 0.381. The number of aromatic nitrogens is 2. The number of nitrogens with one attached hydrogen (secondary N) is 2. The number of carbonyl (C=O) groups excluding carboxylic acids is 1. The fourth-order valence-corrected chi connectivity index (χ4v) is 3.41. The third-order valence-corrected chi connectivity index (χ3v) is 4.87. The zero-order valence-corrected chi connectivity index (χ0v) is 16.6. The number of hydrogen-bond donors (Lipinski definition) is 2. The molecular weight excluding hydrogens is 360 g/mol. The Morgan fingerprint density at radius 3 is 2.78 bits per heavy atom. The Bertz CT molecular complexity index is 863. The number of halogens is 1. The highest BCUT2D eigenvalue weighted by Gasteiger charge is 2.12. The molecule has 1 amide bonds. The van der Waals surface area contributed by atoms with Crippen molar-refractivity contribution in [3.8, 4) is 0 Å². The van der Waals surface area contributed by atoms with Crippen molar-refractivity contribution in [2.24, 2.45) is 0 Å². The lowest BCUT2D eigenvalue weighted by molar-refractivity contribution is 0.0949. The molecule has 1 aliphatic rings. The summed E-state index contributed by atoms with van der Waals surface area (Å²) >= 11 is 6.00. The van der Waals surface area contributed by atoms with E-state index in [1.165, 1.54) is 18.4 Å². The molecule has 3 rings (SSSR count). The lowest BCUT2D eigenvalue weighted by atomic mass is 9.97. The van der Waals surface area contributed by atoms with Crippen LogP contribution < -0.4 is 10.6 Å². The largest absolute Gasteiger partial charge is 0.350 e. The molecule has 0 unspecified atom stereocenters. The third-order valence-electron chi connectivity index (χ3n) is 4.64. The van der Waals surface area contributed by atoms with Crippen LogP contribution in [0, 0.1) is 13.8 Å². The van der Waals surface area contributed by atoms with Crippen molar-refractivity contribution < 1.29 is 4.79 Å². The number of carbonyl (C=O) groups is 1. The van der Waals surface area contributed by atoms with E-state index in [-0.39, 0.29) is 5.91 Å². The van der Waals surface area contributed by atoms with Crippen molar-refractivity contribution >= 4 is 29.1 Å². The number of aryl methyl sites for hydroxylation is 2. The molecule has 2 aromatic rings. The first-order valence-electron chi connectivity index (χ1n) is 9.36. The molecular formula is C21H25ClN4O. The van der Waals surface area contributed by atoms with E-state index in [4.69, 9.17) is 11.6 Å². The van der Waals surface area contributed by atoms with E-state index in [2.05, 4.69) is 26.7 Å². The topological polar surface area (TPSA) is 66.9 Å². The molecule has 6 heteroatoms. The van der Waals surface area contributed by atoms with Gasteiger partial charge in [-0.3, -0.25) is 4.79 Å². The van der Waals surface area contributed by atoms with Crippen molar-refractivity contribution in [2.75, 3.05) is 11.9 Å². The molecule has 0 aliphatic heterocycles. The molecule has 1 heterocycles. The van der Waals surface area contributed by atoms with Crippen LogP contribution in [0.5, 0.6) is 0 Å². The Morgan fingerprint density at radius 1 is 1.19 bits per heavy atom. The second kappa shape index (κ2) is 9.00. The van der Waals surface area contributed by atoms with Crippen LogP contribution in [0.1, 0.15) is 53.8 Å². The Balaban J connectivity index is 1.65. The molecule has 0 fully saturated rings. The minimum Gasteiger partial charge on any atom is -0.350 e. The van der Waals surface area contributed by atoms with Crippen molar-refractivity contribution in [3.63, 3.8) is 0 Å². The maximum absolute atomic E-state index is 12.5. The van der Waals surface area contributed by atoms with E-state index in [1.807, 2.05) is 26.0 Å². The van der Waals surface area contributed by atoms with Crippen LogP contribution >= 0.6 is 11.6 Å². The van der Waals surface area contributed by atoms with Crippen LogP contribution in [0.3, 0.4) is 0 Å². The zero-order chi connectivity index (χ0) is 19.2. The summed E-state index contributed by atoms with van der Waals surface area (Å²) in [4.78, 5) is 21.2. The molecule has 0 saturated heterocycles. The molecule has 0 atom stereocenters. The predicted molar refractivity (Wildman–Crippen MR) is 110 cm³/mol. The number of nitrogens with zero attached hydrogens (tertiary/aromatic N) is 2. The van der Waals surface area contributed by atoms with E-state index in [0.29, 0.717) is 23.2 Å². The van der Waals surface area contributed by atoms with Crippen LogP contribution in [0.15, 0.2) is 35.9 Å². The van der Waals surface area contributed by atoms with E-state index in [0.717, 1.165) is 36.2 Å². The maximum Gasteiger partial charge on any atom is 0.270 e. The SMILES string of the molecule is Cc1cc(C(=O)NCCC2=CCCCC2)nc(Nc2ccc(Cl)cc2C)n1. The monoisotopic (exact) mass is 384 g/mol. The Hall–Kier alpha value is -2.40. The number of rotatable bonds is 6. The number of hydrogen-bond acceptors (Lipinski definition) is 4. The summed E-state index contributed by atoms with van der Waals surface area (Å²) < 4.78 is 0. The van der Waals surface area contributed by atoms with Crippen molar-refractivity contribution in [1.82, 2.24) is 15.3 Å². The molecule has 1 aromatic heterocycles. The summed E-state index contributed by atoms with van der Waals surface area (Å²) in [6, 6.07) is 7.25. The molecule has 0 bridgehead atoms. The molecule has 0 saturated carbocycles. The predicted octanol–water partition coefficient (Wildman–Crippen LogP) is 5.11. The molecule has 5 nitrogen and oxygen atoms in total. The van der Waals surface area contributed by atoms with Gasteiger partial charge in [0.2, 0.25) is 5.95 Å². The van der Waals surface area contributed by atoms with Gasteiger partial charge in [-0.25, -0.2) is 9.97 Å². The minimum absolute atomic E-state index is 0.173. The van der Waals surface area contributed by atoms with Crippen LogP contribution in [0.4, 0.5) is 11.6 Å². The highest BCUT2D eigenvalue weighted by atomic mass is 35.5. The van der Waals surface area contributed by atoms with Crippen LogP contribution in [0.2, 0.25) is 5.02 Å². The standard InChI is InChI=1S/C21H25ClN4O/c1-14-12-17(22)8-9-18(14)25-21-24-15(2)13-19(26-21)20(27)23-11-10-16-6-4-3-5-7-16/h6,8-9,12-13H,3-5,7,10-11H2,1-2H3,(H,23,27)(H,24,25,26). The average Bonchev–Trinajstić information content (AvgIpc) is 2.64. The van der Waals surface area contributed by atoms with E-state index in [1.54, 1.807) is 12.1 Å². The second-order valence-corrected chi connectivity index (χ2v) is 7.35. The molecule has 1 aliphatic carbocycles. The van der Waals surface area contributed by atoms with Gasteiger partial charge in [0.1, 0.15) is 5.69 Å². The highest BCUT2D eigenvalue weighted by molar-refractivity contribution is 6.30. The Labute approximate surface area is 165 Å². The summed E-state index contributed by atoms with van der Waals surface area (Å²) in [7, 11) is 0. The highest BCUT2D eigenvalue weighted by Crippen LogP contribution is 2.22. The summed E-state index contributed by atoms with van der Waals surface area (Å²) in [5.41, 5.74) is 4.40. The first-order valence-corrected chi connectivity index (χ1v) is 9.74. The number of amides is 1. The summed E-state index contributed by atoms with van der Waals surface area (Å²) in [5, 5.41) is 6.82. The third kappa shape index (κ3) is 5.54. The molecule has 27 heavy (non-hydrogen) atoms. The smallest absolute Gasteiger partial charge is 0.270 e. The Kier molecular flexibility index (Phi) is 6.45. The number of anilines is 2. The van der Waals surface area contributed by atoms with Gasteiger partial charge in [-0.15, -0.1) is 0 Å². The van der Waals surface area contributed by atoms with Gasteiger partial charge in [0.15, 0.2) is 0 Å². The van der Waals surface area contributed by atoms with E-state index in [9.17, 15) is 4.79 Å². The molecule has 0 radical (unpaired) electrons. The first-order chi connectivity index (χ1) is 13.0. The number of benzene rings is 1. The second-order valence-electron chi connectivity index (χ2n) is 6.92. The summed E-state index contributed by atoms with van der Waals surface area (Å²) in [6.07, 6.45) is 8.05. The van der Waals surface area contributed by atoms with Gasteiger partial charge in [0.05, 0.1) is 0 Å². The Morgan fingerprint density at radius 2 is 2.04 bits per heavy atom. The summed E-state index contributed by atoms with van der Waals surface area (Å²) in [6.45, 7) is 4.44. The quantitative estimate of drug-likeness (QED) is 0.679. The minimum atomic E-state index is -0.173. The lowest BCUT2D eigenvalue weighted by Gasteiger charge is -2.13. The van der Waals surface area contributed by atoms with Gasteiger partial charge in [0, 0.05) is 22.9 Å². The maximum atomic E-state index is 12.5. The van der Waals surface area contributed by atoms with E-state index >= 15 is 0 Å². The van der Waals surface area contributed by atoms with Gasteiger partial charge in [-0.05, 0) is 75.8 Å². The van der Waals surface area contributed by atoms with Gasteiger partial charge in [-0.2, -0.15) is 0 Å². The molecule has 142 valence electrons. The van der Waals surface area contributed by atoms with Gasteiger partial charge in [-0.1, -0.05) is 23.3 Å². The van der Waals surface area contributed by atoms with Crippen molar-refractivity contribution in [1.29, 1.82) is 0 Å². The van der Waals surface area contributed by atoms with Gasteiger partial charge in [0.25, 0.3) is 5.91 Å². The normalized spacial score (nSPS) is 13.8.